The first-order valence-corrected chi connectivity index (χ1v) is 20.6. The van der Waals surface area contributed by atoms with Gasteiger partial charge in [0.2, 0.25) is 11.8 Å². The van der Waals surface area contributed by atoms with Crippen LogP contribution in [-0.4, -0.2) is 58.0 Å². The van der Waals surface area contributed by atoms with Crippen LogP contribution in [0.1, 0.15) is 110 Å². The zero-order chi connectivity index (χ0) is 34.9. The van der Waals surface area contributed by atoms with Gasteiger partial charge in [0, 0.05) is 47.3 Å². The first-order chi connectivity index (χ1) is 24.3. The van der Waals surface area contributed by atoms with Crippen molar-refractivity contribution < 1.29 is 14.4 Å². The molecule has 0 aromatic rings. The van der Waals surface area contributed by atoms with E-state index in [1.54, 1.807) is 0 Å². The molecule has 0 aromatic heterocycles. The molecule has 2 saturated heterocycles. The van der Waals surface area contributed by atoms with Crippen LogP contribution in [0.15, 0.2) is 72.4 Å². The van der Waals surface area contributed by atoms with Gasteiger partial charge in [-0.05, 0) is 94.1 Å². The summed E-state index contributed by atoms with van der Waals surface area (Å²) in [6.45, 7) is 5.46. The molecule has 0 bridgehead atoms. The van der Waals surface area contributed by atoms with Crippen molar-refractivity contribution in [2.24, 2.45) is 23.2 Å². The van der Waals surface area contributed by atoms with Gasteiger partial charge in [-0.2, -0.15) is 0 Å². The monoisotopic (exact) mass is 700 g/mol. The molecule has 0 radical (unpaired) electrons. The summed E-state index contributed by atoms with van der Waals surface area (Å²) in [5.74, 6) is 1.13. The van der Waals surface area contributed by atoms with Crippen molar-refractivity contribution in [2.75, 3.05) is 6.54 Å². The Balaban J connectivity index is 1.02. The van der Waals surface area contributed by atoms with Crippen molar-refractivity contribution in [3.05, 3.63) is 72.4 Å². The molecule has 7 nitrogen and oxygen atoms in total. The minimum Gasteiger partial charge on any atom is -0.353 e. The third kappa shape index (κ3) is 9.73. The van der Waals surface area contributed by atoms with E-state index in [0.717, 1.165) is 77.2 Å². The second kappa shape index (κ2) is 17.6. The van der Waals surface area contributed by atoms with Gasteiger partial charge in [0.05, 0.1) is 0 Å². The van der Waals surface area contributed by atoms with Crippen molar-refractivity contribution in [2.45, 2.75) is 139 Å². The molecule has 272 valence electrons. The molecule has 4 aliphatic carbocycles. The van der Waals surface area contributed by atoms with E-state index in [0.29, 0.717) is 28.1 Å². The summed E-state index contributed by atoms with van der Waals surface area (Å²) in [4.78, 5) is 43.2. The van der Waals surface area contributed by atoms with Gasteiger partial charge in [-0.25, -0.2) is 0 Å². The largest absolute Gasteiger partial charge is 0.353 e. The number of thioether (sulfide) groups is 1. The van der Waals surface area contributed by atoms with Crippen LogP contribution in [0.4, 0.5) is 0 Å². The zero-order valence-electron chi connectivity index (χ0n) is 30.4. The van der Waals surface area contributed by atoms with Crippen LogP contribution in [0.3, 0.4) is 0 Å². The maximum absolute atomic E-state index is 14.2. The fourth-order valence-corrected chi connectivity index (χ4v) is 10.9. The zero-order valence-corrected chi connectivity index (χ0v) is 31.2. The molecule has 8 heteroatoms. The smallest absolute Gasteiger partial charge is 0.253 e. The van der Waals surface area contributed by atoms with Gasteiger partial charge < -0.3 is 15.5 Å². The van der Waals surface area contributed by atoms with Gasteiger partial charge >= 0.3 is 0 Å². The lowest BCUT2D eigenvalue weighted by molar-refractivity contribution is -0.140. The maximum Gasteiger partial charge on any atom is 0.253 e. The molecule has 2 aliphatic heterocycles. The summed E-state index contributed by atoms with van der Waals surface area (Å²) in [5, 5.41) is 10.8. The highest BCUT2D eigenvalue weighted by molar-refractivity contribution is 8.00. The van der Waals surface area contributed by atoms with E-state index in [1.807, 2.05) is 78.6 Å². The van der Waals surface area contributed by atoms with Crippen LogP contribution >= 0.6 is 11.8 Å². The highest BCUT2D eigenvalue weighted by atomic mass is 32.2. The van der Waals surface area contributed by atoms with Crippen LogP contribution in [0.5, 0.6) is 0 Å². The highest BCUT2D eigenvalue weighted by Crippen LogP contribution is 2.45. The number of likely N-dealkylation sites (tertiary alicyclic amines) is 1. The molecule has 2 heterocycles. The summed E-state index contributed by atoms with van der Waals surface area (Å²) in [6, 6.07) is 0.730. The number of hydrogen-bond acceptors (Lipinski definition) is 5. The summed E-state index contributed by atoms with van der Waals surface area (Å²) < 4.78 is 0. The topological polar surface area (TPSA) is 90.5 Å². The number of carbonyl (C=O) groups is 3. The Morgan fingerprint density at radius 3 is 2.22 bits per heavy atom. The van der Waals surface area contributed by atoms with Crippen molar-refractivity contribution >= 4 is 29.5 Å². The molecule has 6 aliphatic rings. The summed E-state index contributed by atoms with van der Waals surface area (Å²) >= 11 is 1.85. The average Bonchev–Trinajstić information content (AvgIpc) is 3.42. The Kier molecular flexibility index (Phi) is 13.0. The molecule has 6 atom stereocenters. The second-order valence-corrected chi connectivity index (χ2v) is 17.6. The van der Waals surface area contributed by atoms with Crippen molar-refractivity contribution in [3.63, 3.8) is 0 Å². The Hall–Kier alpha value is -2.84. The summed E-state index contributed by atoms with van der Waals surface area (Å²) in [6.07, 6.45) is 36.9. The summed E-state index contributed by atoms with van der Waals surface area (Å²) in [5.41, 5.74) is 0.797. The number of hydrogen-bond donors (Lipinski definition) is 3. The normalized spacial score (nSPS) is 38.7. The van der Waals surface area contributed by atoms with Gasteiger partial charge in [0.1, 0.15) is 5.50 Å². The second-order valence-electron chi connectivity index (χ2n) is 16.3. The lowest BCUT2D eigenvalue weighted by Gasteiger charge is -2.42. The number of rotatable bonds is 5. The maximum atomic E-state index is 14.2. The van der Waals surface area contributed by atoms with E-state index in [1.165, 1.54) is 25.7 Å². The van der Waals surface area contributed by atoms with Crippen LogP contribution in [0.25, 0.3) is 0 Å². The Morgan fingerprint density at radius 1 is 0.740 bits per heavy atom. The third-order valence-corrected chi connectivity index (χ3v) is 13.7. The lowest BCUT2D eigenvalue weighted by Crippen LogP contribution is -2.50. The molecule has 0 spiro atoms. The Morgan fingerprint density at radius 2 is 1.44 bits per heavy atom. The molecule has 5 fully saturated rings. The third-order valence-electron chi connectivity index (χ3n) is 12.2. The summed E-state index contributed by atoms with van der Waals surface area (Å²) in [7, 11) is 0. The Labute approximate surface area is 305 Å². The standard InChI is InChI=1S/C42H60N4O3S/c1-42(2)27-15-14-18-31(25-28-42)38(47)43-33-23-21-32(22-24-33)40(49)46-29-26-35-37(34-19-12-13-20-36(34)46)50-41(44-35)45-39(48)30-16-10-8-6-4-3-5-7-9-11-17-30/h3-11,16-17,31-37,41,44H,12-15,18-29H2,1-2H3,(H,43,47)(H,45,48)/b4-3-,5-3?,6-4?,7-5-,8-6-,9-7?,10-8?,11-9-,16-10-,17-11?,30-16?,30-17+. The number of fused-ring (bicyclic) bond motifs is 3. The van der Waals surface area contributed by atoms with Crippen LogP contribution < -0.4 is 16.0 Å². The van der Waals surface area contributed by atoms with E-state index >= 15 is 0 Å². The molecule has 3 saturated carbocycles. The first kappa shape index (κ1) is 36.9. The van der Waals surface area contributed by atoms with Gasteiger partial charge in [-0.15, -0.1) is 11.8 Å². The molecule has 50 heavy (non-hydrogen) atoms. The Bertz CT molecular complexity index is 1390. The van der Waals surface area contributed by atoms with E-state index < -0.39 is 0 Å². The number of amides is 3. The molecule has 3 amide bonds. The molecule has 6 unspecified atom stereocenters. The van der Waals surface area contributed by atoms with Crippen LogP contribution in [0, 0.1) is 23.2 Å². The van der Waals surface area contributed by atoms with Crippen LogP contribution in [0.2, 0.25) is 0 Å². The number of nitrogens with zero attached hydrogens (tertiary/aromatic N) is 1. The molecular weight excluding hydrogens is 641 g/mol. The van der Waals surface area contributed by atoms with Gasteiger partial charge in [0.15, 0.2) is 0 Å². The minimum atomic E-state index is -0.153. The number of nitrogens with one attached hydrogen (secondary N) is 3. The van der Waals surface area contributed by atoms with E-state index in [2.05, 4.69) is 34.7 Å². The quantitative estimate of drug-likeness (QED) is 0.274. The highest BCUT2D eigenvalue weighted by Gasteiger charge is 2.49. The van der Waals surface area contributed by atoms with E-state index in [-0.39, 0.29) is 47.3 Å². The number of allylic oxidation sites excluding steroid dienone is 10. The lowest BCUT2D eigenvalue weighted by atomic mass is 9.76. The number of carbonyl (C=O) groups excluding carboxylic acids is 3. The molecule has 3 N–H and O–H groups in total. The van der Waals surface area contributed by atoms with Crippen molar-refractivity contribution in [1.82, 2.24) is 20.9 Å². The fraction of sp³-hybridized carbons (Fsp3) is 0.643. The first-order valence-electron chi connectivity index (χ1n) is 19.7. The molecule has 0 aromatic carbocycles. The SMILES string of the molecule is CC1(C)CCCCC(C(=O)NC2CCC(C(=O)N3CCC4NC(NC(=O)C5=C/C=C\C=C/C=C\C=C/C=C\5)SC4C4CCCCC43)CC2)CC1. The van der Waals surface area contributed by atoms with Crippen molar-refractivity contribution in [1.29, 1.82) is 0 Å². The molecule has 6 rings (SSSR count). The molecular formula is C42H60N4O3S. The van der Waals surface area contributed by atoms with Gasteiger partial charge in [-0.1, -0.05) is 94.2 Å². The van der Waals surface area contributed by atoms with Crippen molar-refractivity contribution in [3.8, 4) is 0 Å². The predicted molar refractivity (Wildman–Crippen MR) is 205 cm³/mol. The van der Waals surface area contributed by atoms with E-state index in [9.17, 15) is 14.4 Å². The van der Waals surface area contributed by atoms with E-state index in [4.69, 9.17) is 0 Å². The average molecular weight is 701 g/mol. The minimum absolute atomic E-state index is 0.0567. The van der Waals surface area contributed by atoms with Gasteiger partial charge in [0.25, 0.3) is 5.91 Å². The van der Waals surface area contributed by atoms with Crippen LogP contribution in [-0.2, 0) is 14.4 Å². The predicted octanol–water partition coefficient (Wildman–Crippen LogP) is 7.64. The van der Waals surface area contributed by atoms with Gasteiger partial charge in [-0.3, -0.25) is 19.7 Å². The fourth-order valence-electron chi connectivity index (χ4n) is 9.24.